The third-order valence-electron chi connectivity index (χ3n) is 3.13. The second-order valence-corrected chi connectivity index (χ2v) is 4.64. The Hall–Kier alpha value is -2.53. The monoisotopic (exact) mass is 288 g/mol. The molecule has 5 heteroatoms. The van der Waals surface area contributed by atoms with Gasteiger partial charge >= 0.3 is 0 Å². The molecule has 0 spiro atoms. The molecular formula is C16H16O5. The topological polar surface area (TPSA) is 87.0 Å². The summed E-state index contributed by atoms with van der Waals surface area (Å²) in [6.45, 7) is 0. The highest BCUT2D eigenvalue weighted by atomic mass is 16.5. The average Bonchev–Trinajstić information content (AvgIpc) is 2.48. The standard InChI is InChI=1S/C16H16O5/c1-21-15-9-12(18)6-7-13(15)16(20)14(19)8-10-2-4-11(17)5-3-10/h2-7,9,16-18,20H,8H2,1H3. The zero-order valence-electron chi connectivity index (χ0n) is 11.5. The first-order valence-electron chi connectivity index (χ1n) is 6.37. The molecule has 3 N–H and O–H groups in total. The van der Waals surface area contributed by atoms with E-state index in [2.05, 4.69) is 0 Å². The van der Waals surface area contributed by atoms with Crippen LogP contribution in [0.5, 0.6) is 17.2 Å². The molecule has 0 amide bonds. The first-order chi connectivity index (χ1) is 10.0. The lowest BCUT2D eigenvalue weighted by molar-refractivity contribution is -0.126. The third kappa shape index (κ3) is 3.52. The van der Waals surface area contributed by atoms with E-state index in [4.69, 9.17) is 4.74 Å². The second-order valence-electron chi connectivity index (χ2n) is 4.64. The maximum atomic E-state index is 12.1. The van der Waals surface area contributed by atoms with Crippen molar-refractivity contribution in [2.45, 2.75) is 12.5 Å². The van der Waals surface area contributed by atoms with Gasteiger partial charge in [-0.3, -0.25) is 4.79 Å². The fourth-order valence-corrected chi connectivity index (χ4v) is 2.01. The van der Waals surface area contributed by atoms with Crippen LogP contribution in [-0.2, 0) is 11.2 Å². The Kier molecular flexibility index (Phi) is 4.45. The summed E-state index contributed by atoms with van der Waals surface area (Å²) in [5.41, 5.74) is 0.994. The predicted octanol–water partition coefficient (Wildman–Crippen LogP) is 1.95. The molecule has 0 aliphatic heterocycles. The van der Waals surface area contributed by atoms with Gasteiger partial charge in [0.1, 0.15) is 23.4 Å². The zero-order valence-corrected chi connectivity index (χ0v) is 11.5. The Bertz CT molecular complexity index is 634. The van der Waals surface area contributed by atoms with Gasteiger partial charge < -0.3 is 20.1 Å². The molecule has 2 aromatic carbocycles. The van der Waals surface area contributed by atoms with Gasteiger partial charge in [-0.25, -0.2) is 0 Å². The lowest BCUT2D eigenvalue weighted by Crippen LogP contribution is -2.15. The molecule has 5 nitrogen and oxygen atoms in total. The first kappa shape index (κ1) is 14.9. The molecule has 0 fully saturated rings. The normalized spacial score (nSPS) is 11.9. The highest BCUT2D eigenvalue weighted by molar-refractivity contribution is 5.86. The number of rotatable bonds is 5. The Morgan fingerprint density at radius 1 is 1.10 bits per heavy atom. The molecule has 0 heterocycles. The van der Waals surface area contributed by atoms with Gasteiger partial charge in [-0.2, -0.15) is 0 Å². The lowest BCUT2D eigenvalue weighted by atomic mass is 9.99. The average molecular weight is 288 g/mol. The number of ether oxygens (including phenoxy) is 1. The number of methoxy groups -OCH3 is 1. The molecule has 0 radical (unpaired) electrons. The molecule has 1 atom stereocenters. The number of phenols is 2. The molecular weight excluding hydrogens is 272 g/mol. The highest BCUT2D eigenvalue weighted by Gasteiger charge is 2.21. The summed E-state index contributed by atoms with van der Waals surface area (Å²) in [6.07, 6.45) is -1.31. The van der Waals surface area contributed by atoms with Crippen LogP contribution in [0, 0.1) is 0 Å². The van der Waals surface area contributed by atoms with Crippen LogP contribution in [0.3, 0.4) is 0 Å². The van der Waals surface area contributed by atoms with Crippen LogP contribution in [0.15, 0.2) is 42.5 Å². The van der Waals surface area contributed by atoms with E-state index in [9.17, 15) is 20.1 Å². The van der Waals surface area contributed by atoms with Crippen molar-refractivity contribution in [3.63, 3.8) is 0 Å². The minimum Gasteiger partial charge on any atom is -0.508 e. The van der Waals surface area contributed by atoms with Gasteiger partial charge in [0.15, 0.2) is 5.78 Å². The van der Waals surface area contributed by atoms with E-state index in [1.54, 1.807) is 12.1 Å². The smallest absolute Gasteiger partial charge is 0.170 e. The molecule has 0 aromatic heterocycles. The van der Waals surface area contributed by atoms with Crippen molar-refractivity contribution in [1.82, 2.24) is 0 Å². The number of aliphatic hydroxyl groups is 1. The maximum Gasteiger partial charge on any atom is 0.170 e. The van der Waals surface area contributed by atoms with Crippen LogP contribution in [0.25, 0.3) is 0 Å². The Morgan fingerprint density at radius 3 is 2.33 bits per heavy atom. The molecule has 110 valence electrons. The molecule has 0 aliphatic rings. The number of carbonyl (C=O) groups excluding carboxylic acids is 1. The van der Waals surface area contributed by atoms with Crippen LogP contribution in [-0.4, -0.2) is 28.2 Å². The number of aliphatic hydroxyl groups excluding tert-OH is 1. The maximum absolute atomic E-state index is 12.1. The van der Waals surface area contributed by atoms with Crippen molar-refractivity contribution in [2.24, 2.45) is 0 Å². The Balaban J connectivity index is 2.17. The van der Waals surface area contributed by atoms with Gasteiger partial charge in [0.05, 0.1) is 7.11 Å². The summed E-state index contributed by atoms with van der Waals surface area (Å²) in [4.78, 5) is 12.1. The molecule has 1 unspecified atom stereocenters. The molecule has 0 bridgehead atoms. The molecule has 0 aliphatic carbocycles. The van der Waals surface area contributed by atoms with Gasteiger partial charge in [-0.15, -0.1) is 0 Å². The van der Waals surface area contributed by atoms with Gasteiger partial charge in [-0.05, 0) is 29.8 Å². The fourth-order valence-electron chi connectivity index (χ4n) is 2.01. The van der Waals surface area contributed by atoms with E-state index in [1.807, 2.05) is 0 Å². The van der Waals surface area contributed by atoms with Crippen molar-refractivity contribution in [3.8, 4) is 17.2 Å². The van der Waals surface area contributed by atoms with Crippen LogP contribution in [0.4, 0.5) is 0 Å². The quantitative estimate of drug-likeness (QED) is 0.783. The minimum absolute atomic E-state index is 0.00576. The molecule has 0 saturated carbocycles. The van der Waals surface area contributed by atoms with Crippen LogP contribution < -0.4 is 4.74 Å². The predicted molar refractivity (Wildman–Crippen MR) is 76.4 cm³/mol. The number of carbonyl (C=O) groups is 1. The minimum atomic E-state index is -1.34. The summed E-state index contributed by atoms with van der Waals surface area (Å²) in [7, 11) is 1.40. The van der Waals surface area contributed by atoms with Crippen molar-refractivity contribution < 1.29 is 24.9 Å². The largest absolute Gasteiger partial charge is 0.508 e. The SMILES string of the molecule is COc1cc(O)ccc1C(O)C(=O)Cc1ccc(O)cc1. The number of hydrogen-bond acceptors (Lipinski definition) is 5. The molecule has 2 aromatic rings. The third-order valence-corrected chi connectivity index (χ3v) is 3.13. The van der Waals surface area contributed by atoms with Gasteiger partial charge in [0, 0.05) is 18.1 Å². The van der Waals surface area contributed by atoms with E-state index >= 15 is 0 Å². The van der Waals surface area contributed by atoms with Gasteiger partial charge in [0.2, 0.25) is 0 Å². The summed E-state index contributed by atoms with van der Waals surface area (Å²) in [5, 5.41) is 28.7. The van der Waals surface area contributed by atoms with Crippen molar-refractivity contribution in [2.75, 3.05) is 7.11 Å². The zero-order chi connectivity index (χ0) is 15.4. The van der Waals surface area contributed by atoms with Gasteiger partial charge in [-0.1, -0.05) is 12.1 Å². The molecule has 21 heavy (non-hydrogen) atoms. The van der Waals surface area contributed by atoms with E-state index in [0.717, 1.165) is 0 Å². The van der Waals surface area contributed by atoms with E-state index in [-0.39, 0.29) is 23.7 Å². The number of aromatic hydroxyl groups is 2. The van der Waals surface area contributed by atoms with Crippen LogP contribution in [0.2, 0.25) is 0 Å². The summed E-state index contributed by atoms with van der Waals surface area (Å²) >= 11 is 0. The first-order valence-corrected chi connectivity index (χ1v) is 6.37. The van der Waals surface area contributed by atoms with E-state index in [0.29, 0.717) is 11.1 Å². The number of hydrogen-bond donors (Lipinski definition) is 3. The second kappa shape index (κ2) is 6.28. The summed E-state index contributed by atoms with van der Waals surface area (Å²) in [6, 6.07) is 10.4. The number of benzene rings is 2. The van der Waals surface area contributed by atoms with Crippen LogP contribution in [0.1, 0.15) is 17.2 Å². The fraction of sp³-hybridized carbons (Fsp3) is 0.188. The molecule has 0 saturated heterocycles. The Morgan fingerprint density at radius 2 is 1.71 bits per heavy atom. The number of ketones is 1. The van der Waals surface area contributed by atoms with E-state index < -0.39 is 11.9 Å². The Labute approximate surface area is 122 Å². The van der Waals surface area contributed by atoms with Crippen LogP contribution >= 0.6 is 0 Å². The summed E-state index contributed by atoms with van der Waals surface area (Å²) in [5.74, 6) is -0.0352. The lowest BCUT2D eigenvalue weighted by Gasteiger charge is -2.14. The van der Waals surface area contributed by atoms with Gasteiger partial charge in [0.25, 0.3) is 0 Å². The molecule has 2 rings (SSSR count). The summed E-state index contributed by atoms with van der Waals surface area (Å²) < 4.78 is 5.06. The van der Waals surface area contributed by atoms with E-state index in [1.165, 1.54) is 37.4 Å². The highest BCUT2D eigenvalue weighted by Crippen LogP contribution is 2.30. The van der Waals surface area contributed by atoms with Crippen molar-refractivity contribution >= 4 is 5.78 Å². The van der Waals surface area contributed by atoms with Crippen molar-refractivity contribution in [3.05, 3.63) is 53.6 Å². The number of Topliss-reactive ketones (excluding diaryl/α,β-unsaturated/α-hetero) is 1. The van der Waals surface area contributed by atoms with Crippen molar-refractivity contribution in [1.29, 1.82) is 0 Å². The number of phenolic OH excluding ortho intramolecular Hbond substituents is 2.